The van der Waals surface area contributed by atoms with Gasteiger partial charge in [0.1, 0.15) is 0 Å². The first-order valence-corrected chi connectivity index (χ1v) is 15.6. The van der Waals surface area contributed by atoms with Crippen LogP contribution in [0.1, 0.15) is 46.5 Å². The molecule has 44 heavy (non-hydrogen) atoms. The standard InChI is InChI=1S/C31H36N2O9S2/c1-17(34)33-27(21-10-8-9-11-32-21)30(35)42-18(2)41-29-24(38-5)12-19(13-25(29)39-6)26-16-43-31(44-26)20-14-22(36-3)28(40-7)23(15-20)37-4/h8-15,18,26-27,31H,16H2,1-7H3,(H,33,34). The Labute approximate surface area is 265 Å². The lowest BCUT2D eigenvalue weighted by Gasteiger charge is -2.23. The van der Waals surface area contributed by atoms with E-state index in [0.29, 0.717) is 34.4 Å². The van der Waals surface area contributed by atoms with Crippen molar-refractivity contribution < 1.29 is 42.7 Å². The summed E-state index contributed by atoms with van der Waals surface area (Å²) in [5.41, 5.74) is 2.38. The molecular formula is C31H36N2O9S2. The van der Waals surface area contributed by atoms with Gasteiger partial charge in [-0.15, -0.1) is 23.5 Å². The predicted octanol–water partition coefficient (Wildman–Crippen LogP) is 5.49. The van der Waals surface area contributed by atoms with Crippen LogP contribution in [0.4, 0.5) is 0 Å². The Bertz CT molecular complexity index is 1410. The van der Waals surface area contributed by atoms with Crippen molar-refractivity contribution in [3.05, 3.63) is 65.5 Å². The number of rotatable bonds is 13. The molecular weight excluding hydrogens is 608 g/mol. The zero-order chi connectivity index (χ0) is 31.8. The van der Waals surface area contributed by atoms with E-state index in [1.807, 2.05) is 36.0 Å². The maximum atomic E-state index is 13.0. The van der Waals surface area contributed by atoms with Crippen LogP contribution in [0.5, 0.6) is 34.5 Å². The van der Waals surface area contributed by atoms with Gasteiger partial charge in [-0.3, -0.25) is 9.78 Å². The van der Waals surface area contributed by atoms with Gasteiger partial charge in [0.15, 0.2) is 29.0 Å². The molecule has 1 N–H and O–H groups in total. The first-order valence-electron chi connectivity index (χ1n) is 13.6. The third kappa shape index (κ3) is 7.56. The number of methoxy groups -OCH3 is 5. The number of amides is 1. The monoisotopic (exact) mass is 644 g/mol. The van der Waals surface area contributed by atoms with E-state index >= 15 is 0 Å². The highest BCUT2D eigenvalue weighted by molar-refractivity contribution is 8.19. The number of nitrogens with one attached hydrogen (secondary N) is 1. The first-order chi connectivity index (χ1) is 21.2. The molecule has 4 rings (SSSR count). The van der Waals surface area contributed by atoms with E-state index in [-0.39, 0.29) is 15.6 Å². The molecule has 4 atom stereocenters. The largest absolute Gasteiger partial charge is 0.493 e. The molecule has 0 saturated carbocycles. The second kappa shape index (κ2) is 15.2. The molecule has 13 heteroatoms. The van der Waals surface area contributed by atoms with Crippen molar-refractivity contribution in [3.8, 4) is 34.5 Å². The average molecular weight is 645 g/mol. The lowest BCUT2D eigenvalue weighted by Crippen LogP contribution is -2.36. The first kappa shape index (κ1) is 32.9. The fourth-order valence-corrected chi connectivity index (χ4v) is 7.87. The van der Waals surface area contributed by atoms with Gasteiger partial charge < -0.3 is 38.5 Å². The Hall–Kier alpha value is -3.97. The molecule has 0 radical (unpaired) electrons. The minimum Gasteiger partial charge on any atom is -0.493 e. The topological polar surface area (TPSA) is 124 Å². The van der Waals surface area contributed by atoms with Gasteiger partial charge in [-0.1, -0.05) is 6.07 Å². The smallest absolute Gasteiger partial charge is 0.338 e. The summed E-state index contributed by atoms with van der Waals surface area (Å²) >= 11 is 3.60. The van der Waals surface area contributed by atoms with Gasteiger partial charge in [0.25, 0.3) is 0 Å². The number of pyridine rings is 1. The zero-order valence-corrected chi connectivity index (χ0v) is 27.2. The van der Waals surface area contributed by atoms with Gasteiger partial charge in [-0.05, 0) is 47.5 Å². The molecule has 4 unspecified atom stereocenters. The van der Waals surface area contributed by atoms with Crippen molar-refractivity contribution in [1.29, 1.82) is 0 Å². The van der Waals surface area contributed by atoms with Crippen LogP contribution in [0.2, 0.25) is 0 Å². The van der Waals surface area contributed by atoms with Gasteiger partial charge in [-0.2, -0.15) is 0 Å². The van der Waals surface area contributed by atoms with E-state index in [0.717, 1.165) is 16.9 Å². The van der Waals surface area contributed by atoms with Gasteiger partial charge >= 0.3 is 5.97 Å². The van der Waals surface area contributed by atoms with Crippen molar-refractivity contribution in [2.45, 2.75) is 36.0 Å². The van der Waals surface area contributed by atoms with Crippen molar-refractivity contribution >= 4 is 35.4 Å². The number of benzene rings is 2. The molecule has 0 aliphatic carbocycles. The SMILES string of the molecule is COc1cc(C2SCC(c3cc(OC)c(OC(C)OC(=O)C(NC(C)=O)c4ccccn4)c(OC)c3)S2)cc(OC)c1OC. The van der Waals surface area contributed by atoms with Crippen LogP contribution in [0.3, 0.4) is 0 Å². The highest BCUT2D eigenvalue weighted by Gasteiger charge is 2.32. The molecule has 1 amide bonds. The Morgan fingerprint density at radius 2 is 1.45 bits per heavy atom. The molecule has 1 aliphatic rings. The fourth-order valence-electron chi connectivity index (χ4n) is 4.62. The van der Waals surface area contributed by atoms with E-state index in [4.69, 9.17) is 33.2 Å². The summed E-state index contributed by atoms with van der Waals surface area (Å²) in [4.78, 5) is 29.0. The van der Waals surface area contributed by atoms with Crippen LogP contribution in [0.25, 0.3) is 0 Å². The van der Waals surface area contributed by atoms with Gasteiger partial charge in [0.05, 0.1) is 45.8 Å². The fraction of sp³-hybridized carbons (Fsp3) is 0.387. The molecule has 0 spiro atoms. The highest BCUT2D eigenvalue weighted by atomic mass is 32.2. The van der Waals surface area contributed by atoms with Crippen LogP contribution in [0.15, 0.2) is 48.7 Å². The molecule has 2 aromatic carbocycles. The molecule has 0 bridgehead atoms. The van der Waals surface area contributed by atoms with Crippen LogP contribution < -0.4 is 33.7 Å². The Kier molecular flexibility index (Phi) is 11.3. The second-order valence-electron chi connectivity index (χ2n) is 9.51. The molecule has 1 aliphatic heterocycles. The maximum Gasteiger partial charge on any atom is 0.338 e. The summed E-state index contributed by atoms with van der Waals surface area (Å²) in [6, 6.07) is 11.7. The quantitative estimate of drug-likeness (QED) is 0.187. The summed E-state index contributed by atoms with van der Waals surface area (Å²) in [6.07, 6.45) is 0.486. The average Bonchev–Trinajstić information content (AvgIpc) is 3.53. The van der Waals surface area contributed by atoms with Gasteiger partial charge in [0.2, 0.25) is 23.7 Å². The number of hydrogen-bond acceptors (Lipinski definition) is 12. The van der Waals surface area contributed by atoms with Crippen LogP contribution in [0, 0.1) is 0 Å². The third-order valence-corrected chi connectivity index (χ3v) is 9.97. The molecule has 236 valence electrons. The molecule has 1 aromatic heterocycles. The van der Waals surface area contributed by atoms with Crippen molar-refractivity contribution in [2.75, 3.05) is 41.3 Å². The number of hydrogen-bond donors (Lipinski definition) is 1. The number of nitrogens with zero attached hydrogens (tertiary/aromatic N) is 1. The zero-order valence-electron chi connectivity index (χ0n) is 25.6. The minimum atomic E-state index is -1.10. The summed E-state index contributed by atoms with van der Waals surface area (Å²) in [5, 5.41) is 2.70. The molecule has 11 nitrogen and oxygen atoms in total. The van der Waals surface area contributed by atoms with E-state index in [1.165, 1.54) is 27.3 Å². The Morgan fingerprint density at radius 1 is 0.864 bits per heavy atom. The van der Waals surface area contributed by atoms with E-state index < -0.39 is 24.2 Å². The number of thioether (sulfide) groups is 2. The molecule has 1 fully saturated rings. The van der Waals surface area contributed by atoms with Crippen molar-refractivity contribution in [1.82, 2.24) is 10.3 Å². The maximum absolute atomic E-state index is 13.0. The van der Waals surface area contributed by atoms with Crippen LogP contribution in [-0.2, 0) is 14.3 Å². The highest BCUT2D eigenvalue weighted by Crippen LogP contribution is 2.58. The summed E-state index contributed by atoms with van der Waals surface area (Å²) in [7, 11) is 7.85. The van der Waals surface area contributed by atoms with Crippen molar-refractivity contribution in [2.24, 2.45) is 0 Å². The number of esters is 1. The van der Waals surface area contributed by atoms with E-state index in [9.17, 15) is 9.59 Å². The second-order valence-corrected chi connectivity index (χ2v) is 12.3. The number of ether oxygens (including phenoxy) is 7. The summed E-state index contributed by atoms with van der Waals surface area (Å²) in [5.74, 6) is 2.60. The lowest BCUT2D eigenvalue weighted by atomic mass is 10.1. The van der Waals surface area contributed by atoms with E-state index in [2.05, 4.69) is 10.3 Å². The molecule has 3 aromatic rings. The number of carbonyl (C=O) groups excluding carboxylic acids is 2. The Balaban J connectivity index is 1.51. The van der Waals surface area contributed by atoms with Crippen LogP contribution in [-0.4, -0.2) is 64.5 Å². The Morgan fingerprint density at radius 3 is 1.98 bits per heavy atom. The summed E-state index contributed by atoms with van der Waals surface area (Å²) < 4.78 is 39.6. The van der Waals surface area contributed by atoms with Crippen molar-refractivity contribution in [3.63, 3.8) is 0 Å². The van der Waals surface area contributed by atoms with Crippen LogP contribution >= 0.6 is 23.5 Å². The normalized spacial score (nSPS) is 17.2. The minimum absolute atomic E-state index is 0.118. The van der Waals surface area contributed by atoms with Gasteiger partial charge in [-0.25, -0.2) is 4.79 Å². The molecule has 1 saturated heterocycles. The lowest BCUT2D eigenvalue weighted by molar-refractivity contribution is -0.165. The van der Waals surface area contributed by atoms with Gasteiger partial charge in [0, 0.05) is 31.0 Å². The summed E-state index contributed by atoms with van der Waals surface area (Å²) in [6.45, 7) is 2.88. The third-order valence-electron chi connectivity index (χ3n) is 6.63. The number of carbonyl (C=O) groups is 2. The number of aromatic nitrogens is 1. The van der Waals surface area contributed by atoms with E-state index in [1.54, 1.807) is 58.2 Å². The predicted molar refractivity (Wildman–Crippen MR) is 168 cm³/mol. The molecule has 2 heterocycles.